The fraction of sp³-hybridized carbons (Fsp3) is 0.304. The van der Waals surface area contributed by atoms with Gasteiger partial charge < -0.3 is 20.3 Å². The lowest BCUT2D eigenvalue weighted by Crippen LogP contribution is -2.28. The van der Waals surface area contributed by atoms with Crippen LogP contribution in [0.3, 0.4) is 0 Å². The summed E-state index contributed by atoms with van der Waals surface area (Å²) in [6.45, 7) is 5.15. The molecule has 1 saturated heterocycles. The molecule has 1 aliphatic heterocycles. The second-order valence-corrected chi connectivity index (χ2v) is 7.59. The molecule has 8 heteroatoms. The number of anilines is 3. The van der Waals surface area contributed by atoms with E-state index < -0.39 is 24.4 Å². The minimum absolute atomic E-state index is 0.0536. The third-order valence-corrected chi connectivity index (χ3v) is 5.10. The van der Waals surface area contributed by atoms with Gasteiger partial charge >= 0.3 is 5.97 Å². The first kappa shape index (κ1) is 22.0. The standard InChI is InChI=1S/C23H25N3O5/c1-14-4-9-20(10-15(14)2)26-12-17(11-22(26)29)23(30)31-13-21(28)25-19-7-5-18(6-8-19)24-16(3)27/h4-10,17H,11-13H2,1-3H3,(H,24,27)(H,25,28)/t17-/m0/s1. The summed E-state index contributed by atoms with van der Waals surface area (Å²) in [4.78, 5) is 49.4. The lowest BCUT2D eigenvalue weighted by Gasteiger charge is -2.17. The zero-order chi connectivity index (χ0) is 22.5. The molecule has 0 bridgehead atoms. The second kappa shape index (κ2) is 9.42. The maximum absolute atomic E-state index is 12.4. The van der Waals surface area contributed by atoms with Gasteiger partial charge in [-0.2, -0.15) is 0 Å². The molecule has 3 rings (SSSR count). The van der Waals surface area contributed by atoms with Gasteiger partial charge in [0.15, 0.2) is 6.61 Å². The highest BCUT2D eigenvalue weighted by atomic mass is 16.5. The number of benzene rings is 2. The van der Waals surface area contributed by atoms with Gasteiger partial charge in [-0.25, -0.2) is 0 Å². The number of amides is 3. The van der Waals surface area contributed by atoms with Crippen molar-refractivity contribution in [2.45, 2.75) is 27.2 Å². The van der Waals surface area contributed by atoms with E-state index in [4.69, 9.17) is 4.74 Å². The zero-order valence-corrected chi connectivity index (χ0v) is 17.7. The molecule has 0 radical (unpaired) electrons. The van der Waals surface area contributed by atoms with Gasteiger partial charge in [0, 0.05) is 37.0 Å². The number of carbonyl (C=O) groups is 4. The van der Waals surface area contributed by atoms with Gasteiger partial charge in [0.25, 0.3) is 5.91 Å². The molecule has 0 spiro atoms. The smallest absolute Gasteiger partial charge is 0.311 e. The highest BCUT2D eigenvalue weighted by molar-refractivity contribution is 6.00. The number of nitrogens with zero attached hydrogens (tertiary/aromatic N) is 1. The van der Waals surface area contributed by atoms with E-state index in [2.05, 4.69) is 10.6 Å². The normalized spacial score (nSPS) is 15.5. The van der Waals surface area contributed by atoms with Crippen LogP contribution < -0.4 is 15.5 Å². The van der Waals surface area contributed by atoms with Crippen LogP contribution in [0.15, 0.2) is 42.5 Å². The van der Waals surface area contributed by atoms with E-state index in [-0.39, 0.29) is 24.8 Å². The average Bonchev–Trinajstić information content (AvgIpc) is 3.11. The van der Waals surface area contributed by atoms with Crippen LogP contribution in [0.5, 0.6) is 0 Å². The quantitative estimate of drug-likeness (QED) is 0.695. The molecule has 2 aromatic carbocycles. The third kappa shape index (κ3) is 5.69. The highest BCUT2D eigenvalue weighted by Gasteiger charge is 2.36. The number of ether oxygens (including phenoxy) is 1. The monoisotopic (exact) mass is 423 g/mol. The molecule has 2 aromatic rings. The summed E-state index contributed by atoms with van der Waals surface area (Å²) in [5.74, 6) is -2.01. The summed E-state index contributed by atoms with van der Waals surface area (Å²) in [6.07, 6.45) is 0.0536. The van der Waals surface area contributed by atoms with Crippen LogP contribution >= 0.6 is 0 Å². The molecule has 162 valence electrons. The van der Waals surface area contributed by atoms with Crippen molar-refractivity contribution >= 4 is 40.8 Å². The summed E-state index contributed by atoms with van der Waals surface area (Å²) < 4.78 is 5.12. The fourth-order valence-corrected chi connectivity index (χ4v) is 3.30. The van der Waals surface area contributed by atoms with Crippen molar-refractivity contribution < 1.29 is 23.9 Å². The average molecular weight is 423 g/mol. The molecule has 0 aliphatic carbocycles. The van der Waals surface area contributed by atoms with Gasteiger partial charge in [-0.3, -0.25) is 19.2 Å². The largest absolute Gasteiger partial charge is 0.455 e. The van der Waals surface area contributed by atoms with E-state index in [9.17, 15) is 19.2 Å². The van der Waals surface area contributed by atoms with Crippen molar-refractivity contribution in [3.8, 4) is 0 Å². The number of hydrogen-bond acceptors (Lipinski definition) is 5. The van der Waals surface area contributed by atoms with Crippen molar-refractivity contribution in [1.82, 2.24) is 0 Å². The number of esters is 1. The van der Waals surface area contributed by atoms with Crippen LogP contribution in [0.2, 0.25) is 0 Å². The van der Waals surface area contributed by atoms with Crippen molar-refractivity contribution in [2.24, 2.45) is 5.92 Å². The van der Waals surface area contributed by atoms with Crippen LogP contribution in [0.1, 0.15) is 24.5 Å². The Labute approximate surface area is 180 Å². The van der Waals surface area contributed by atoms with Gasteiger partial charge in [0.1, 0.15) is 0 Å². The van der Waals surface area contributed by atoms with Crippen molar-refractivity contribution in [2.75, 3.05) is 28.7 Å². The van der Waals surface area contributed by atoms with Crippen LogP contribution in [0.4, 0.5) is 17.1 Å². The second-order valence-electron chi connectivity index (χ2n) is 7.59. The molecule has 1 heterocycles. The lowest BCUT2D eigenvalue weighted by atomic mass is 10.1. The molecule has 0 unspecified atom stereocenters. The summed E-state index contributed by atoms with van der Waals surface area (Å²) in [5.41, 5.74) is 4.06. The van der Waals surface area contributed by atoms with Crippen LogP contribution in [0.25, 0.3) is 0 Å². The molecule has 8 nitrogen and oxygen atoms in total. The number of aryl methyl sites for hydroxylation is 2. The van der Waals surface area contributed by atoms with Crippen molar-refractivity contribution in [3.05, 3.63) is 53.6 Å². The third-order valence-electron chi connectivity index (χ3n) is 5.10. The Hall–Kier alpha value is -3.68. The van der Waals surface area contributed by atoms with E-state index >= 15 is 0 Å². The number of nitrogens with one attached hydrogen (secondary N) is 2. The van der Waals surface area contributed by atoms with Crippen molar-refractivity contribution in [3.63, 3.8) is 0 Å². The molecule has 1 aliphatic rings. The first-order chi connectivity index (χ1) is 14.7. The fourth-order valence-electron chi connectivity index (χ4n) is 3.30. The maximum atomic E-state index is 12.4. The molecular weight excluding hydrogens is 398 g/mol. The first-order valence-corrected chi connectivity index (χ1v) is 9.94. The Kier molecular flexibility index (Phi) is 6.69. The molecule has 2 N–H and O–H groups in total. The molecule has 1 atom stereocenters. The van der Waals surface area contributed by atoms with Gasteiger partial charge in [0.2, 0.25) is 11.8 Å². The van der Waals surface area contributed by atoms with E-state index in [1.54, 1.807) is 29.2 Å². The molecule has 0 aromatic heterocycles. The summed E-state index contributed by atoms with van der Waals surface area (Å²) in [5, 5.41) is 5.25. The molecule has 31 heavy (non-hydrogen) atoms. The minimum Gasteiger partial charge on any atom is -0.455 e. The zero-order valence-electron chi connectivity index (χ0n) is 17.7. The highest BCUT2D eigenvalue weighted by Crippen LogP contribution is 2.27. The number of hydrogen-bond donors (Lipinski definition) is 2. The van der Waals surface area contributed by atoms with Crippen LogP contribution in [-0.4, -0.2) is 36.8 Å². The Bertz CT molecular complexity index is 1020. The first-order valence-electron chi connectivity index (χ1n) is 9.94. The Morgan fingerprint density at radius 1 is 1.00 bits per heavy atom. The van der Waals surface area contributed by atoms with E-state index in [1.807, 2.05) is 32.0 Å². The molecular formula is C23H25N3O5. The van der Waals surface area contributed by atoms with E-state index in [1.165, 1.54) is 6.92 Å². The molecule has 3 amide bonds. The van der Waals surface area contributed by atoms with Gasteiger partial charge in [0.05, 0.1) is 5.92 Å². The Balaban J connectivity index is 1.50. The lowest BCUT2D eigenvalue weighted by molar-refractivity contribution is -0.151. The summed E-state index contributed by atoms with van der Waals surface area (Å²) in [7, 11) is 0. The number of rotatable bonds is 6. The van der Waals surface area contributed by atoms with Gasteiger partial charge in [-0.05, 0) is 61.4 Å². The van der Waals surface area contributed by atoms with Gasteiger partial charge in [-0.15, -0.1) is 0 Å². The molecule has 0 saturated carbocycles. The Morgan fingerprint density at radius 3 is 2.26 bits per heavy atom. The number of carbonyl (C=O) groups excluding carboxylic acids is 4. The minimum atomic E-state index is -0.612. The van der Waals surface area contributed by atoms with E-state index in [0.717, 1.165) is 16.8 Å². The molecule has 1 fully saturated rings. The van der Waals surface area contributed by atoms with E-state index in [0.29, 0.717) is 11.4 Å². The topological polar surface area (TPSA) is 105 Å². The van der Waals surface area contributed by atoms with Crippen LogP contribution in [-0.2, 0) is 23.9 Å². The Morgan fingerprint density at radius 2 is 1.65 bits per heavy atom. The predicted octanol–water partition coefficient (Wildman–Crippen LogP) is 2.80. The SMILES string of the molecule is CC(=O)Nc1ccc(NC(=O)COC(=O)[C@H]2CC(=O)N(c3ccc(C)c(C)c3)C2)cc1. The van der Waals surface area contributed by atoms with Gasteiger partial charge in [-0.1, -0.05) is 6.07 Å². The van der Waals surface area contributed by atoms with Crippen LogP contribution in [0, 0.1) is 19.8 Å². The summed E-state index contributed by atoms with van der Waals surface area (Å²) in [6, 6.07) is 12.3. The predicted molar refractivity (Wildman–Crippen MR) is 117 cm³/mol. The summed E-state index contributed by atoms with van der Waals surface area (Å²) >= 11 is 0. The van der Waals surface area contributed by atoms with Crippen molar-refractivity contribution in [1.29, 1.82) is 0 Å². The maximum Gasteiger partial charge on any atom is 0.311 e.